The van der Waals surface area contributed by atoms with Gasteiger partial charge in [-0.15, -0.1) is 0 Å². The van der Waals surface area contributed by atoms with E-state index >= 15 is 0 Å². The molecule has 1 fully saturated rings. The predicted octanol–water partition coefficient (Wildman–Crippen LogP) is 3.68. The van der Waals surface area contributed by atoms with Gasteiger partial charge in [-0.1, -0.05) is 48.5 Å². The Morgan fingerprint density at radius 1 is 1.00 bits per heavy atom. The number of carbonyl (C=O) groups is 1. The van der Waals surface area contributed by atoms with Gasteiger partial charge in [0.15, 0.2) is 0 Å². The van der Waals surface area contributed by atoms with Crippen LogP contribution in [0, 0.1) is 6.92 Å². The Morgan fingerprint density at radius 2 is 1.60 bits per heavy atom. The van der Waals surface area contributed by atoms with Crippen LogP contribution in [-0.2, 0) is 11.3 Å². The quantitative estimate of drug-likeness (QED) is 0.502. The fourth-order valence-electron chi connectivity index (χ4n) is 3.67. The van der Waals surface area contributed by atoms with Crippen molar-refractivity contribution in [2.45, 2.75) is 13.5 Å². The maximum atomic E-state index is 11.7. The third-order valence-corrected chi connectivity index (χ3v) is 5.29. The number of benzene rings is 2. The molecule has 1 aliphatic heterocycles. The maximum Gasteiger partial charge on any atom is 0.274 e. The van der Waals surface area contributed by atoms with E-state index < -0.39 is 5.91 Å². The van der Waals surface area contributed by atoms with Crippen molar-refractivity contribution in [2.24, 2.45) is 0 Å². The van der Waals surface area contributed by atoms with E-state index in [0.717, 1.165) is 49.5 Å². The Bertz CT molecular complexity index is 1010. The number of nitrogens with one attached hydrogen (secondary N) is 1. The van der Waals surface area contributed by atoms with E-state index in [0.29, 0.717) is 17.0 Å². The number of nitrogens with zero attached hydrogens (tertiary/aromatic N) is 2. The number of carbonyl (C=O) groups excluding carboxylic acids is 1. The Hall–Kier alpha value is -3.06. The number of hydrogen-bond donors (Lipinski definition) is 2. The van der Waals surface area contributed by atoms with Gasteiger partial charge in [0, 0.05) is 36.5 Å². The molecule has 0 bridgehead atoms. The number of aryl methyl sites for hydroxylation is 1. The molecule has 2 heterocycles. The highest BCUT2D eigenvalue weighted by Gasteiger charge is 2.11. The highest BCUT2D eigenvalue weighted by atomic mass is 16.5. The average Bonchev–Trinajstić information content (AvgIpc) is 2.79. The molecule has 1 aliphatic rings. The Labute approximate surface area is 176 Å². The summed E-state index contributed by atoms with van der Waals surface area (Å²) in [6, 6.07) is 20.1. The molecule has 2 N–H and O–H groups in total. The van der Waals surface area contributed by atoms with Crippen LogP contribution in [0.15, 0.2) is 60.7 Å². The minimum atomic E-state index is -0.546. The lowest BCUT2D eigenvalue weighted by molar-refractivity contribution is 0.0342. The van der Waals surface area contributed by atoms with Crippen molar-refractivity contribution >= 4 is 5.91 Å². The number of hydrogen-bond acceptors (Lipinski definition) is 5. The number of pyridine rings is 1. The van der Waals surface area contributed by atoms with Gasteiger partial charge in [0.05, 0.1) is 18.9 Å². The van der Waals surface area contributed by atoms with Gasteiger partial charge in [0.1, 0.15) is 0 Å². The summed E-state index contributed by atoms with van der Waals surface area (Å²) in [5, 5.41) is 8.89. The number of amides is 1. The fourth-order valence-corrected chi connectivity index (χ4v) is 3.67. The first-order chi connectivity index (χ1) is 14.6. The minimum Gasteiger partial charge on any atom is -0.379 e. The van der Waals surface area contributed by atoms with E-state index in [9.17, 15) is 4.79 Å². The summed E-state index contributed by atoms with van der Waals surface area (Å²) in [6.45, 7) is 6.37. The van der Waals surface area contributed by atoms with Gasteiger partial charge < -0.3 is 4.74 Å². The van der Waals surface area contributed by atoms with E-state index in [1.54, 1.807) is 17.6 Å². The van der Waals surface area contributed by atoms with Crippen LogP contribution in [-0.4, -0.2) is 47.3 Å². The summed E-state index contributed by atoms with van der Waals surface area (Å²) in [7, 11) is 0. The molecule has 2 aromatic carbocycles. The molecular formula is C24H25N3O3. The Balaban J connectivity index is 1.49. The Kier molecular flexibility index (Phi) is 6.18. The van der Waals surface area contributed by atoms with Crippen LogP contribution in [0.3, 0.4) is 0 Å². The van der Waals surface area contributed by atoms with Crippen molar-refractivity contribution in [3.63, 3.8) is 0 Å². The van der Waals surface area contributed by atoms with Crippen LogP contribution in [0.2, 0.25) is 0 Å². The fraction of sp³-hybridized carbons (Fsp3) is 0.250. The van der Waals surface area contributed by atoms with Crippen LogP contribution in [0.4, 0.5) is 0 Å². The third-order valence-electron chi connectivity index (χ3n) is 5.29. The van der Waals surface area contributed by atoms with Crippen molar-refractivity contribution in [1.29, 1.82) is 0 Å². The summed E-state index contributed by atoms with van der Waals surface area (Å²) in [4.78, 5) is 18.7. The molecule has 1 saturated heterocycles. The van der Waals surface area contributed by atoms with Crippen molar-refractivity contribution in [3.05, 3.63) is 77.5 Å². The summed E-state index contributed by atoms with van der Waals surface area (Å²) >= 11 is 0. The molecule has 0 atom stereocenters. The Morgan fingerprint density at radius 3 is 2.23 bits per heavy atom. The summed E-state index contributed by atoms with van der Waals surface area (Å²) < 4.78 is 5.41. The van der Waals surface area contributed by atoms with Crippen LogP contribution >= 0.6 is 0 Å². The summed E-state index contributed by atoms with van der Waals surface area (Å²) in [5.41, 5.74) is 7.95. The monoisotopic (exact) mass is 403 g/mol. The molecule has 30 heavy (non-hydrogen) atoms. The van der Waals surface area contributed by atoms with Gasteiger partial charge in [0.2, 0.25) is 0 Å². The van der Waals surface area contributed by atoms with Crippen molar-refractivity contribution < 1.29 is 14.7 Å². The standard InChI is InChI=1S/C24H25N3O3/c1-17-14-22(24(28)26-29)15-23(25-17)21-8-6-20(7-9-21)19-4-2-18(3-5-19)16-27-10-12-30-13-11-27/h2-9,14-15,29H,10-13,16H2,1H3,(H,26,28). The normalized spacial score (nSPS) is 14.5. The highest BCUT2D eigenvalue weighted by Crippen LogP contribution is 2.25. The van der Waals surface area contributed by atoms with Gasteiger partial charge in [0.25, 0.3) is 5.91 Å². The van der Waals surface area contributed by atoms with Crippen molar-refractivity contribution in [3.8, 4) is 22.4 Å². The van der Waals surface area contributed by atoms with Crippen molar-refractivity contribution in [2.75, 3.05) is 26.3 Å². The number of ether oxygens (including phenoxy) is 1. The molecule has 1 aromatic heterocycles. The molecule has 0 radical (unpaired) electrons. The molecule has 6 nitrogen and oxygen atoms in total. The van der Waals surface area contributed by atoms with Crippen LogP contribution in [0.1, 0.15) is 21.6 Å². The average molecular weight is 403 g/mol. The first kappa shape index (κ1) is 20.2. The van der Waals surface area contributed by atoms with Crippen LogP contribution in [0.5, 0.6) is 0 Å². The van der Waals surface area contributed by atoms with Gasteiger partial charge in [-0.25, -0.2) is 5.48 Å². The number of rotatable bonds is 5. The molecule has 3 aromatic rings. The lowest BCUT2D eigenvalue weighted by atomic mass is 10.0. The first-order valence-electron chi connectivity index (χ1n) is 10.1. The highest BCUT2D eigenvalue weighted by molar-refractivity contribution is 5.94. The lowest BCUT2D eigenvalue weighted by Crippen LogP contribution is -2.35. The zero-order valence-electron chi connectivity index (χ0n) is 17.0. The van der Waals surface area contributed by atoms with Gasteiger partial charge >= 0.3 is 0 Å². The number of aromatic nitrogens is 1. The second kappa shape index (κ2) is 9.17. The molecule has 154 valence electrons. The van der Waals surface area contributed by atoms with E-state index in [1.165, 1.54) is 5.56 Å². The topological polar surface area (TPSA) is 74.7 Å². The molecule has 4 rings (SSSR count). The SMILES string of the molecule is Cc1cc(C(=O)NO)cc(-c2ccc(-c3ccc(CN4CCOCC4)cc3)cc2)n1. The van der Waals surface area contributed by atoms with Gasteiger partial charge in [-0.3, -0.25) is 19.9 Å². The van der Waals surface area contributed by atoms with Gasteiger partial charge in [-0.05, 0) is 35.7 Å². The largest absolute Gasteiger partial charge is 0.379 e. The lowest BCUT2D eigenvalue weighted by Gasteiger charge is -2.26. The first-order valence-corrected chi connectivity index (χ1v) is 10.1. The summed E-state index contributed by atoms with van der Waals surface area (Å²) in [6.07, 6.45) is 0. The van der Waals surface area contributed by atoms with E-state index in [2.05, 4.69) is 46.3 Å². The maximum absolute atomic E-state index is 11.7. The molecular weight excluding hydrogens is 378 g/mol. The van der Waals surface area contributed by atoms with Gasteiger partial charge in [-0.2, -0.15) is 0 Å². The smallest absolute Gasteiger partial charge is 0.274 e. The van der Waals surface area contributed by atoms with Crippen LogP contribution in [0.25, 0.3) is 22.4 Å². The zero-order valence-corrected chi connectivity index (χ0v) is 17.0. The van der Waals surface area contributed by atoms with E-state index in [1.807, 2.05) is 19.1 Å². The summed E-state index contributed by atoms with van der Waals surface area (Å²) in [5.74, 6) is -0.546. The molecule has 6 heteroatoms. The predicted molar refractivity (Wildman–Crippen MR) is 115 cm³/mol. The van der Waals surface area contributed by atoms with E-state index in [-0.39, 0.29) is 0 Å². The number of hydroxylamine groups is 1. The van der Waals surface area contributed by atoms with Crippen LogP contribution < -0.4 is 5.48 Å². The molecule has 0 aliphatic carbocycles. The third kappa shape index (κ3) is 4.74. The second-order valence-corrected chi connectivity index (χ2v) is 7.49. The molecule has 1 amide bonds. The molecule has 0 spiro atoms. The zero-order chi connectivity index (χ0) is 20.9. The van der Waals surface area contributed by atoms with E-state index in [4.69, 9.17) is 9.94 Å². The minimum absolute atomic E-state index is 0.375. The molecule has 0 unspecified atom stereocenters. The number of morpholine rings is 1. The second-order valence-electron chi connectivity index (χ2n) is 7.49. The van der Waals surface area contributed by atoms with Crippen molar-refractivity contribution in [1.82, 2.24) is 15.4 Å². The molecule has 0 saturated carbocycles.